The van der Waals surface area contributed by atoms with E-state index in [9.17, 15) is 9.59 Å². The molecule has 0 spiro atoms. The Kier molecular flexibility index (Phi) is 5.47. The first-order valence-corrected chi connectivity index (χ1v) is 10.8. The van der Waals surface area contributed by atoms with Gasteiger partial charge >= 0.3 is 0 Å². The van der Waals surface area contributed by atoms with E-state index in [0.717, 1.165) is 28.7 Å². The Bertz CT molecular complexity index is 1230. The van der Waals surface area contributed by atoms with Crippen LogP contribution in [0, 0.1) is 17.2 Å². The number of fused-ring (bicyclic) bond motifs is 1. The summed E-state index contributed by atoms with van der Waals surface area (Å²) in [6, 6.07) is 13.3. The minimum Gasteiger partial charge on any atom is -0.352 e. The molecule has 2 amide bonds. The molecule has 0 saturated carbocycles. The summed E-state index contributed by atoms with van der Waals surface area (Å²) < 4.78 is 2.08. The highest BCUT2D eigenvalue weighted by atomic mass is 16.2. The molecule has 3 heterocycles. The number of benzene rings is 1. The summed E-state index contributed by atoms with van der Waals surface area (Å²) in [7, 11) is 0. The predicted octanol–water partition coefficient (Wildman–Crippen LogP) is 3.58. The van der Waals surface area contributed by atoms with Crippen molar-refractivity contribution in [3.05, 3.63) is 53.9 Å². The quantitative estimate of drug-likeness (QED) is 0.686. The van der Waals surface area contributed by atoms with Crippen molar-refractivity contribution < 1.29 is 9.59 Å². The Labute approximate surface area is 187 Å². The van der Waals surface area contributed by atoms with Gasteiger partial charge in [-0.3, -0.25) is 9.59 Å². The number of aromatic nitrogens is 2. The zero-order chi connectivity index (χ0) is 23.0. The molecule has 2 aromatic heterocycles. The number of amides is 2. The number of carbonyl (C=O) groups is 2. The number of carbonyl (C=O) groups excluding carboxylic acids is 2. The van der Waals surface area contributed by atoms with E-state index in [1.807, 2.05) is 18.2 Å². The molecule has 1 aliphatic heterocycles. The Morgan fingerprint density at radius 2 is 1.94 bits per heavy atom. The van der Waals surface area contributed by atoms with Gasteiger partial charge in [0.1, 0.15) is 16.9 Å². The molecule has 3 aromatic rings. The van der Waals surface area contributed by atoms with Gasteiger partial charge in [-0.05, 0) is 49.6 Å². The molecule has 0 unspecified atom stereocenters. The Hall–Kier alpha value is -3.66. The third kappa shape index (κ3) is 3.73. The van der Waals surface area contributed by atoms with Gasteiger partial charge in [0.2, 0.25) is 5.91 Å². The maximum Gasteiger partial charge on any atom is 0.273 e. The van der Waals surface area contributed by atoms with Crippen LogP contribution < -0.4 is 5.32 Å². The van der Waals surface area contributed by atoms with E-state index in [1.165, 1.54) is 0 Å². The van der Waals surface area contributed by atoms with Gasteiger partial charge in [0.25, 0.3) is 5.91 Å². The van der Waals surface area contributed by atoms with Crippen LogP contribution in [-0.2, 0) is 11.3 Å². The van der Waals surface area contributed by atoms with Crippen LogP contribution >= 0.6 is 0 Å². The van der Waals surface area contributed by atoms with Crippen LogP contribution in [0.4, 0.5) is 0 Å². The van der Waals surface area contributed by atoms with Gasteiger partial charge in [0, 0.05) is 36.8 Å². The molecule has 1 fully saturated rings. The predicted molar refractivity (Wildman–Crippen MR) is 123 cm³/mol. The number of piperazine rings is 1. The molecule has 7 heteroatoms. The molecule has 0 bridgehead atoms. The zero-order valence-corrected chi connectivity index (χ0v) is 18.8. The summed E-state index contributed by atoms with van der Waals surface area (Å²) in [6.45, 7) is 9.41. The molecular formula is C25H27N5O2. The molecule has 1 N–H and O–H groups in total. The highest BCUT2D eigenvalue weighted by molar-refractivity contribution is 6.01. The maximum absolute atomic E-state index is 13.3. The molecule has 0 atom stereocenters. The monoisotopic (exact) mass is 429 g/mol. The molecule has 164 valence electrons. The van der Waals surface area contributed by atoms with Gasteiger partial charge in [0.15, 0.2) is 0 Å². The van der Waals surface area contributed by atoms with E-state index >= 15 is 0 Å². The van der Waals surface area contributed by atoms with Crippen molar-refractivity contribution in [1.29, 1.82) is 5.26 Å². The lowest BCUT2D eigenvalue weighted by Gasteiger charge is -2.40. The van der Waals surface area contributed by atoms with Gasteiger partial charge in [0.05, 0.1) is 11.6 Å². The standard InChI is InChI=1S/C25H27N5O2/c1-16(2)14-29-15-20(18-7-5-17(13-26)6-8-18)19-9-10-21(28-22(19)29)23(31)30-12-11-27-24(32)25(30,3)4/h5-10,15-16H,11-12,14H2,1-4H3,(H,27,32). The lowest BCUT2D eigenvalue weighted by molar-refractivity contribution is -0.133. The SMILES string of the molecule is CC(C)Cn1cc(-c2ccc(C#N)cc2)c2ccc(C(=O)N3CCNC(=O)C3(C)C)nc21. The van der Waals surface area contributed by atoms with E-state index in [-0.39, 0.29) is 11.8 Å². The molecule has 32 heavy (non-hydrogen) atoms. The Balaban J connectivity index is 1.79. The second kappa shape index (κ2) is 8.12. The molecular weight excluding hydrogens is 402 g/mol. The smallest absolute Gasteiger partial charge is 0.273 e. The lowest BCUT2D eigenvalue weighted by Crippen LogP contribution is -2.63. The summed E-state index contributed by atoms with van der Waals surface area (Å²) in [5, 5.41) is 12.9. The van der Waals surface area contributed by atoms with Crippen LogP contribution in [0.25, 0.3) is 22.2 Å². The van der Waals surface area contributed by atoms with E-state index in [0.29, 0.717) is 30.3 Å². The zero-order valence-electron chi connectivity index (χ0n) is 18.8. The molecule has 1 saturated heterocycles. The highest BCUT2D eigenvalue weighted by Gasteiger charge is 2.41. The van der Waals surface area contributed by atoms with Gasteiger partial charge in [-0.15, -0.1) is 0 Å². The first-order valence-electron chi connectivity index (χ1n) is 10.8. The fourth-order valence-corrected chi connectivity index (χ4v) is 4.16. The van der Waals surface area contributed by atoms with Crippen LogP contribution in [-0.4, -0.2) is 44.9 Å². The average Bonchev–Trinajstić information content (AvgIpc) is 3.12. The molecule has 1 aliphatic rings. The van der Waals surface area contributed by atoms with Gasteiger partial charge < -0.3 is 14.8 Å². The van der Waals surface area contributed by atoms with E-state index in [1.54, 1.807) is 36.9 Å². The molecule has 7 nitrogen and oxygen atoms in total. The normalized spacial score (nSPS) is 15.6. The fraction of sp³-hybridized carbons (Fsp3) is 0.360. The minimum atomic E-state index is -0.931. The summed E-state index contributed by atoms with van der Waals surface area (Å²) in [5.74, 6) is -0.0151. The van der Waals surface area contributed by atoms with Crippen LogP contribution in [0.1, 0.15) is 43.7 Å². The van der Waals surface area contributed by atoms with E-state index in [4.69, 9.17) is 10.2 Å². The molecule has 4 rings (SSSR count). The van der Waals surface area contributed by atoms with Crippen LogP contribution in [0.5, 0.6) is 0 Å². The van der Waals surface area contributed by atoms with Crippen molar-refractivity contribution in [2.24, 2.45) is 5.92 Å². The Morgan fingerprint density at radius 1 is 1.22 bits per heavy atom. The van der Waals surface area contributed by atoms with E-state index in [2.05, 4.69) is 36.0 Å². The largest absolute Gasteiger partial charge is 0.352 e. The third-order valence-corrected chi connectivity index (χ3v) is 5.92. The number of pyridine rings is 1. The van der Waals surface area contributed by atoms with Gasteiger partial charge in [-0.2, -0.15) is 5.26 Å². The summed E-state index contributed by atoms with van der Waals surface area (Å²) in [5.41, 5.74) is 2.75. The summed E-state index contributed by atoms with van der Waals surface area (Å²) in [6.07, 6.45) is 2.06. The number of nitrogens with one attached hydrogen (secondary N) is 1. The third-order valence-electron chi connectivity index (χ3n) is 5.92. The summed E-state index contributed by atoms with van der Waals surface area (Å²) in [4.78, 5) is 32.0. The molecule has 1 aromatic carbocycles. The number of rotatable bonds is 4. The second-order valence-electron chi connectivity index (χ2n) is 9.12. The first-order chi connectivity index (χ1) is 15.2. The van der Waals surface area contributed by atoms with Crippen molar-refractivity contribution in [2.45, 2.75) is 39.8 Å². The van der Waals surface area contributed by atoms with Gasteiger partial charge in [-0.1, -0.05) is 26.0 Å². The van der Waals surface area contributed by atoms with Crippen molar-refractivity contribution >= 4 is 22.8 Å². The Morgan fingerprint density at radius 3 is 2.59 bits per heavy atom. The number of nitrogens with zero attached hydrogens (tertiary/aromatic N) is 4. The van der Waals surface area contributed by atoms with Crippen molar-refractivity contribution in [1.82, 2.24) is 19.8 Å². The molecule has 0 aliphatic carbocycles. The van der Waals surface area contributed by atoms with Crippen molar-refractivity contribution in [3.8, 4) is 17.2 Å². The van der Waals surface area contributed by atoms with Crippen LogP contribution in [0.15, 0.2) is 42.6 Å². The highest BCUT2D eigenvalue weighted by Crippen LogP contribution is 2.31. The van der Waals surface area contributed by atoms with E-state index < -0.39 is 5.54 Å². The maximum atomic E-state index is 13.3. The first kappa shape index (κ1) is 21.6. The van der Waals surface area contributed by atoms with Crippen LogP contribution in [0.3, 0.4) is 0 Å². The van der Waals surface area contributed by atoms with Gasteiger partial charge in [-0.25, -0.2) is 4.98 Å². The van der Waals surface area contributed by atoms with Crippen molar-refractivity contribution in [3.63, 3.8) is 0 Å². The number of hydrogen-bond donors (Lipinski definition) is 1. The summed E-state index contributed by atoms with van der Waals surface area (Å²) >= 11 is 0. The topological polar surface area (TPSA) is 91.0 Å². The minimum absolute atomic E-state index is 0.163. The van der Waals surface area contributed by atoms with Crippen LogP contribution in [0.2, 0.25) is 0 Å². The molecule has 0 radical (unpaired) electrons. The number of hydrogen-bond acceptors (Lipinski definition) is 4. The lowest BCUT2D eigenvalue weighted by atomic mass is 9.98. The average molecular weight is 430 g/mol. The second-order valence-corrected chi connectivity index (χ2v) is 9.12. The fourth-order valence-electron chi connectivity index (χ4n) is 4.16. The van der Waals surface area contributed by atoms with Crippen molar-refractivity contribution in [2.75, 3.05) is 13.1 Å². The number of nitriles is 1.